The van der Waals surface area contributed by atoms with Crippen LogP contribution in [0.25, 0.3) is 22.3 Å². The molecule has 1 saturated carbocycles. The minimum absolute atomic E-state index is 0.0196. The number of benzene rings is 4. The number of para-hydroxylation sites is 1. The van der Waals surface area contributed by atoms with Gasteiger partial charge in [0.1, 0.15) is 0 Å². The summed E-state index contributed by atoms with van der Waals surface area (Å²) < 4.78 is 0. The second kappa shape index (κ2) is 7.60. The smallest absolute Gasteiger partial charge is 0.0518 e. The molecule has 3 aliphatic rings. The maximum atomic E-state index is 2.70. The molecule has 1 aliphatic heterocycles. The van der Waals surface area contributed by atoms with E-state index in [2.05, 4.69) is 124 Å². The van der Waals surface area contributed by atoms with Crippen molar-refractivity contribution in [1.82, 2.24) is 0 Å². The Morgan fingerprint density at radius 1 is 0.622 bits per heavy atom. The molecule has 4 aromatic carbocycles. The zero-order valence-electron chi connectivity index (χ0n) is 22.9. The summed E-state index contributed by atoms with van der Waals surface area (Å²) >= 11 is 0. The highest BCUT2D eigenvalue weighted by Gasteiger charge is 2.58. The van der Waals surface area contributed by atoms with Gasteiger partial charge in [-0.25, -0.2) is 0 Å². The third-order valence-electron chi connectivity index (χ3n) is 10.3. The average molecular weight is 484 g/mol. The highest BCUT2D eigenvalue weighted by molar-refractivity contribution is 5.86. The van der Waals surface area contributed by atoms with Crippen LogP contribution in [0, 0.1) is 6.92 Å². The molecule has 1 nitrogen and oxygen atoms in total. The van der Waals surface area contributed by atoms with Gasteiger partial charge in [-0.15, -0.1) is 0 Å². The van der Waals surface area contributed by atoms with Crippen molar-refractivity contribution in [2.75, 3.05) is 4.90 Å². The quantitative estimate of drug-likeness (QED) is 0.274. The molecule has 0 amide bonds. The van der Waals surface area contributed by atoms with Crippen LogP contribution >= 0.6 is 0 Å². The molecule has 1 heteroatoms. The van der Waals surface area contributed by atoms with E-state index in [1.165, 1.54) is 81.6 Å². The fourth-order valence-corrected chi connectivity index (χ4v) is 8.06. The summed E-state index contributed by atoms with van der Waals surface area (Å²) in [5, 5.41) is 0. The van der Waals surface area contributed by atoms with Crippen LogP contribution < -0.4 is 4.90 Å². The van der Waals surface area contributed by atoms with E-state index in [-0.39, 0.29) is 16.4 Å². The maximum Gasteiger partial charge on any atom is 0.0518 e. The Kier molecular flexibility index (Phi) is 4.69. The highest BCUT2D eigenvalue weighted by atomic mass is 15.3. The van der Waals surface area contributed by atoms with E-state index in [0.717, 1.165) is 0 Å². The average Bonchev–Trinajstić information content (AvgIpc) is 3.27. The molecule has 0 saturated heterocycles. The maximum absolute atomic E-state index is 2.70. The lowest BCUT2D eigenvalue weighted by atomic mass is 9.61. The predicted octanol–water partition coefficient (Wildman–Crippen LogP) is 9.71. The zero-order valence-corrected chi connectivity index (χ0v) is 22.9. The van der Waals surface area contributed by atoms with Crippen LogP contribution in [-0.2, 0) is 10.8 Å². The van der Waals surface area contributed by atoms with Gasteiger partial charge in [0.25, 0.3) is 0 Å². The number of hydrogen-bond acceptors (Lipinski definition) is 1. The fourth-order valence-electron chi connectivity index (χ4n) is 8.06. The van der Waals surface area contributed by atoms with Gasteiger partial charge < -0.3 is 4.90 Å². The molecule has 4 aromatic rings. The van der Waals surface area contributed by atoms with Gasteiger partial charge in [0.2, 0.25) is 0 Å². The summed E-state index contributed by atoms with van der Waals surface area (Å²) in [5.41, 5.74) is 14.3. The third-order valence-corrected chi connectivity index (χ3v) is 10.3. The summed E-state index contributed by atoms with van der Waals surface area (Å²) in [7, 11) is 0. The topological polar surface area (TPSA) is 3.24 Å². The van der Waals surface area contributed by atoms with Gasteiger partial charge in [0, 0.05) is 22.2 Å². The van der Waals surface area contributed by atoms with Crippen LogP contribution in [0.1, 0.15) is 75.6 Å². The molecular weight excluding hydrogens is 446 g/mol. The van der Waals surface area contributed by atoms with Crippen LogP contribution in [0.3, 0.4) is 0 Å². The number of nitrogens with zero attached hydrogens (tertiary/aromatic N) is 1. The molecule has 0 aromatic heterocycles. The first-order valence-corrected chi connectivity index (χ1v) is 14.0. The number of anilines is 2. The Hall–Kier alpha value is -3.32. The monoisotopic (exact) mass is 483 g/mol. The van der Waals surface area contributed by atoms with Crippen molar-refractivity contribution >= 4 is 11.4 Å². The molecule has 37 heavy (non-hydrogen) atoms. The Bertz CT molecular complexity index is 1540. The van der Waals surface area contributed by atoms with E-state index in [4.69, 9.17) is 0 Å². The molecule has 1 fully saturated rings. The fraction of sp³-hybridized carbons (Fsp3) is 0.333. The SMILES string of the molecule is Cc1cc(-c2ccc3c(c2)C(C)(C)c2ccccc2-3)cc2c1N(c1ccccc1)C1(C)CCCCC21C. The first kappa shape index (κ1) is 22.8. The van der Waals surface area contributed by atoms with Crippen LogP contribution in [0.5, 0.6) is 0 Å². The second-order valence-corrected chi connectivity index (χ2v) is 12.6. The molecule has 0 spiro atoms. The van der Waals surface area contributed by atoms with Crippen LogP contribution in [0.2, 0.25) is 0 Å². The van der Waals surface area contributed by atoms with Gasteiger partial charge in [-0.3, -0.25) is 0 Å². The molecule has 0 bridgehead atoms. The predicted molar refractivity (Wildman–Crippen MR) is 157 cm³/mol. The van der Waals surface area contributed by atoms with Gasteiger partial charge >= 0.3 is 0 Å². The summed E-state index contributed by atoms with van der Waals surface area (Å²) in [6.07, 6.45) is 5.08. The normalized spacial score (nSPS) is 24.8. The van der Waals surface area contributed by atoms with Crippen molar-refractivity contribution in [2.24, 2.45) is 0 Å². The van der Waals surface area contributed by atoms with Crippen molar-refractivity contribution in [3.8, 4) is 22.3 Å². The molecule has 0 radical (unpaired) electrons. The Balaban J connectivity index is 1.42. The van der Waals surface area contributed by atoms with Crippen molar-refractivity contribution in [3.63, 3.8) is 0 Å². The minimum Gasteiger partial charge on any atom is -0.334 e. The van der Waals surface area contributed by atoms with Crippen molar-refractivity contribution in [3.05, 3.63) is 107 Å². The van der Waals surface area contributed by atoms with Crippen molar-refractivity contribution in [2.45, 2.75) is 76.7 Å². The van der Waals surface area contributed by atoms with E-state index in [9.17, 15) is 0 Å². The van der Waals surface area contributed by atoms with Gasteiger partial charge in [0.15, 0.2) is 0 Å². The van der Waals surface area contributed by atoms with Crippen LogP contribution in [-0.4, -0.2) is 5.54 Å². The van der Waals surface area contributed by atoms with Crippen molar-refractivity contribution in [1.29, 1.82) is 0 Å². The molecule has 2 aliphatic carbocycles. The van der Waals surface area contributed by atoms with Gasteiger partial charge in [-0.05, 0) is 102 Å². The molecular formula is C36H37N. The molecule has 2 atom stereocenters. The van der Waals surface area contributed by atoms with E-state index < -0.39 is 0 Å². The van der Waals surface area contributed by atoms with E-state index >= 15 is 0 Å². The largest absolute Gasteiger partial charge is 0.334 e. The lowest BCUT2D eigenvalue weighted by Gasteiger charge is -2.50. The Labute approximate surface area is 222 Å². The summed E-state index contributed by atoms with van der Waals surface area (Å²) in [5.74, 6) is 0. The van der Waals surface area contributed by atoms with Gasteiger partial charge in [-0.1, -0.05) is 88.2 Å². The first-order valence-electron chi connectivity index (χ1n) is 14.0. The Morgan fingerprint density at radius 3 is 2.11 bits per heavy atom. The van der Waals surface area contributed by atoms with E-state index in [0.29, 0.717) is 0 Å². The zero-order chi connectivity index (χ0) is 25.6. The highest BCUT2D eigenvalue weighted by Crippen LogP contribution is 2.62. The molecule has 1 heterocycles. The van der Waals surface area contributed by atoms with Crippen molar-refractivity contribution < 1.29 is 0 Å². The lowest BCUT2D eigenvalue weighted by Crippen LogP contribution is -2.54. The van der Waals surface area contributed by atoms with E-state index in [1.807, 2.05) is 0 Å². The summed E-state index contributed by atoms with van der Waals surface area (Å²) in [4.78, 5) is 2.70. The lowest BCUT2D eigenvalue weighted by molar-refractivity contribution is 0.195. The van der Waals surface area contributed by atoms with Crippen LogP contribution in [0.15, 0.2) is 84.9 Å². The number of fused-ring (bicyclic) bond motifs is 6. The van der Waals surface area contributed by atoms with Gasteiger partial charge in [0.05, 0.1) is 5.54 Å². The number of rotatable bonds is 2. The first-order chi connectivity index (χ1) is 17.8. The molecule has 7 rings (SSSR count). The number of hydrogen-bond donors (Lipinski definition) is 0. The summed E-state index contributed by atoms with van der Waals surface area (Å²) in [6.45, 7) is 12.1. The van der Waals surface area contributed by atoms with Gasteiger partial charge in [-0.2, -0.15) is 0 Å². The minimum atomic E-state index is 0.0196. The van der Waals surface area contributed by atoms with E-state index in [1.54, 1.807) is 0 Å². The van der Waals surface area contributed by atoms with Crippen LogP contribution in [0.4, 0.5) is 11.4 Å². The molecule has 0 N–H and O–H groups in total. The molecule has 186 valence electrons. The Morgan fingerprint density at radius 2 is 1.30 bits per heavy atom. The summed E-state index contributed by atoms with van der Waals surface area (Å²) in [6, 6.07) is 32.2. The number of aryl methyl sites for hydroxylation is 1. The third kappa shape index (κ3) is 2.92. The molecule has 2 unspecified atom stereocenters. The standard InChI is InChI=1S/C36H37N/c1-24-21-26(25-17-18-29-28-15-9-10-16-30(28)34(2,3)31(29)22-25)23-32-33(24)37(27-13-7-6-8-14-27)36(5)20-12-11-19-35(32,36)4/h6-10,13-18,21-23H,11-12,19-20H2,1-5H3. The second-order valence-electron chi connectivity index (χ2n) is 12.6.